The Kier molecular flexibility index (Phi) is 9.53. The lowest BCUT2D eigenvalue weighted by molar-refractivity contribution is -0.159. The fourth-order valence-electron chi connectivity index (χ4n) is 3.04. The number of aromatic nitrogens is 2. The first kappa shape index (κ1) is 24.1. The van der Waals surface area contributed by atoms with Crippen LogP contribution in [0.15, 0.2) is 11.1 Å². The standard InChI is InChI=1S/C16H24N4O2S2.C2H2O4/c1-3-13-11-22-16(21)20(13)8-5-9-23-15-14(17-24-18-15)12-6-4-7-19(2)10-12;3-1(4)2(5)6/h6,13H,3-5,7-11H2,1-2H3;(H,3,4)(H,5,6)/t13-;/m0./s1. The largest absolute Gasteiger partial charge is 0.473 e. The van der Waals surface area contributed by atoms with Crippen molar-refractivity contribution >= 4 is 47.1 Å². The zero-order valence-corrected chi connectivity index (χ0v) is 18.6. The number of hydrogen-bond donors (Lipinski definition) is 2. The molecule has 1 aromatic rings. The quantitative estimate of drug-likeness (QED) is 0.355. The zero-order valence-electron chi connectivity index (χ0n) is 16.9. The summed E-state index contributed by atoms with van der Waals surface area (Å²) < 4.78 is 14.1. The molecule has 3 rings (SSSR count). The summed E-state index contributed by atoms with van der Waals surface area (Å²) in [6.07, 6.45) is 5.07. The molecular formula is C18H26N4O6S2. The summed E-state index contributed by atoms with van der Waals surface area (Å²) in [5.74, 6) is -2.72. The summed E-state index contributed by atoms with van der Waals surface area (Å²) in [7, 11) is 2.14. The third-order valence-corrected chi connectivity index (χ3v) is 6.31. The molecule has 1 aromatic heterocycles. The number of carbonyl (C=O) groups is 3. The molecule has 0 aliphatic carbocycles. The maximum absolute atomic E-state index is 11.7. The van der Waals surface area contributed by atoms with Crippen LogP contribution in [0.5, 0.6) is 0 Å². The van der Waals surface area contributed by atoms with Gasteiger partial charge in [-0.25, -0.2) is 14.4 Å². The number of nitrogens with zero attached hydrogens (tertiary/aromatic N) is 4. The summed E-state index contributed by atoms with van der Waals surface area (Å²) in [6.45, 7) is 5.42. The Morgan fingerprint density at radius 1 is 1.33 bits per heavy atom. The second-order valence-corrected chi connectivity index (χ2v) is 8.43. The number of carbonyl (C=O) groups excluding carboxylic acids is 1. The van der Waals surface area contributed by atoms with Crippen LogP contribution in [0, 0.1) is 0 Å². The smallest absolute Gasteiger partial charge is 0.414 e. The molecule has 0 unspecified atom stereocenters. The maximum Gasteiger partial charge on any atom is 0.414 e. The van der Waals surface area contributed by atoms with Crippen molar-refractivity contribution in [2.75, 3.05) is 39.0 Å². The van der Waals surface area contributed by atoms with Crippen molar-refractivity contribution in [1.82, 2.24) is 18.5 Å². The first-order valence-electron chi connectivity index (χ1n) is 9.56. The summed E-state index contributed by atoms with van der Waals surface area (Å²) in [5.41, 5.74) is 2.33. The number of hydrogen-bond acceptors (Lipinski definition) is 9. The van der Waals surface area contributed by atoms with Crippen molar-refractivity contribution in [1.29, 1.82) is 0 Å². The first-order chi connectivity index (χ1) is 14.3. The van der Waals surface area contributed by atoms with Gasteiger partial charge in [-0.3, -0.25) is 0 Å². The normalized spacial score (nSPS) is 19.0. The zero-order chi connectivity index (χ0) is 22.1. The number of thioether (sulfide) groups is 1. The molecular weight excluding hydrogens is 432 g/mol. The average molecular weight is 459 g/mol. The Labute approximate surface area is 183 Å². The van der Waals surface area contributed by atoms with E-state index in [4.69, 9.17) is 24.5 Å². The molecule has 2 N–H and O–H groups in total. The molecule has 2 aliphatic rings. The number of likely N-dealkylation sites (N-methyl/N-ethyl adjacent to an activating group) is 1. The molecule has 1 saturated heterocycles. The van der Waals surface area contributed by atoms with E-state index in [1.54, 1.807) is 11.8 Å². The Morgan fingerprint density at radius 3 is 2.70 bits per heavy atom. The second-order valence-electron chi connectivity index (χ2n) is 6.82. The Hall–Kier alpha value is -2.18. The van der Waals surface area contributed by atoms with E-state index in [1.165, 1.54) is 17.3 Å². The lowest BCUT2D eigenvalue weighted by Gasteiger charge is -2.22. The highest BCUT2D eigenvalue weighted by molar-refractivity contribution is 7.99. The van der Waals surface area contributed by atoms with E-state index in [-0.39, 0.29) is 12.1 Å². The van der Waals surface area contributed by atoms with Gasteiger partial charge in [-0.2, -0.15) is 8.75 Å². The van der Waals surface area contributed by atoms with E-state index in [0.717, 1.165) is 55.4 Å². The highest BCUT2D eigenvalue weighted by Gasteiger charge is 2.30. The minimum absolute atomic E-state index is 0.168. The lowest BCUT2D eigenvalue weighted by Crippen LogP contribution is -2.34. The third kappa shape index (κ3) is 6.96. The molecule has 0 spiro atoms. The Balaban J connectivity index is 0.000000469. The van der Waals surface area contributed by atoms with Gasteiger partial charge in [0, 0.05) is 25.4 Å². The molecule has 166 valence electrons. The number of cyclic esters (lactones) is 1. The summed E-state index contributed by atoms with van der Waals surface area (Å²) in [4.78, 5) is 34.1. The molecule has 1 fully saturated rings. The number of aliphatic carboxylic acids is 2. The van der Waals surface area contributed by atoms with Crippen molar-refractivity contribution in [2.24, 2.45) is 0 Å². The van der Waals surface area contributed by atoms with Crippen molar-refractivity contribution in [3.8, 4) is 0 Å². The topological polar surface area (TPSA) is 133 Å². The van der Waals surface area contributed by atoms with Crippen molar-refractivity contribution < 1.29 is 29.3 Å². The van der Waals surface area contributed by atoms with Crippen molar-refractivity contribution in [3.63, 3.8) is 0 Å². The van der Waals surface area contributed by atoms with Gasteiger partial charge in [0.15, 0.2) is 0 Å². The van der Waals surface area contributed by atoms with Crippen LogP contribution in [0.2, 0.25) is 0 Å². The summed E-state index contributed by atoms with van der Waals surface area (Å²) >= 11 is 3.02. The van der Waals surface area contributed by atoms with Gasteiger partial charge in [-0.05, 0) is 31.9 Å². The predicted molar refractivity (Wildman–Crippen MR) is 113 cm³/mol. The molecule has 0 saturated carbocycles. The van der Waals surface area contributed by atoms with Gasteiger partial charge in [-0.15, -0.1) is 11.8 Å². The molecule has 0 aromatic carbocycles. The van der Waals surface area contributed by atoms with Crippen LogP contribution in [0.1, 0.15) is 31.9 Å². The van der Waals surface area contributed by atoms with Gasteiger partial charge in [-0.1, -0.05) is 13.0 Å². The van der Waals surface area contributed by atoms with Gasteiger partial charge in [0.05, 0.1) is 17.8 Å². The van der Waals surface area contributed by atoms with E-state index in [0.29, 0.717) is 6.61 Å². The number of rotatable bonds is 7. The Morgan fingerprint density at radius 2 is 2.07 bits per heavy atom. The van der Waals surface area contributed by atoms with E-state index >= 15 is 0 Å². The SMILES string of the molecule is CC[C@H]1COC(=O)N1CCCSc1nsnc1C1=CCCN(C)C1.O=C(O)C(=O)O. The molecule has 0 bridgehead atoms. The van der Waals surface area contributed by atoms with Crippen LogP contribution in [-0.2, 0) is 14.3 Å². The summed E-state index contributed by atoms with van der Waals surface area (Å²) in [6, 6.07) is 0.238. The number of carboxylic acids is 2. The predicted octanol–water partition coefficient (Wildman–Crippen LogP) is 2.13. The molecule has 30 heavy (non-hydrogen) atoms. The third-order valence-electron chi connectivity index (χ3n) is 4.62. The maximum atomic E-state index is 11.7. The van der Waals surface area contributed by atoms with Gasteiger partial charge in [0.25, 0.3) is 0 Å². The van der Waals surface area contributed by atoms with Crippen molar-refractivity contribution in [3.05, 3.63) is 11.8 Å². The van der Waals surface area contributed by atoms with Crippen LogP contribution in [-0.4, -0.2) is 91.9 Å². The van der Waals surface area contributed by atoms with Crippen molar-refractivity contribution in [2.45, 2.75) is 37.3 Å². The monoisotopic (exact) mass is 458 g/mol. The number of amides is 1. The highest BCUT2D eigenvalue weighted by Crippen LogP contribution is 2.29. The highest BCUT2D eigenvalue weighted by atomic mass is 32.2. The van der Waals surface area contributed by atoms with E-state index in [2.05, 4.69) is 33.7 Å². The van der Waals surface area contributed by atoms with Gasteiger partial charge in [0.2, 0.25) is 0 Å². The molecule has 12 heteroatoms. The van der Waals surface area contributed by atoms with Crippen LogP contribution in [0.4, 0.5) is 4.79 Å². The van der Waals surface area contributed by atoms with E-state index in [9.17, 15) is 4.79 Å². The van der Waals surface area contributed by atoms with Crippen LogP contribution >= 0.6 is 23.5 Å². The molecule has 0 radical (unpaired) electrons. The summed E-state index contributed by atoms with van der Waals surface area (Å²) in [5, 5.41) is 15.8. The number of ether oxygens (including phenoxy) is 1. The first-order valence-corrected chi connectivity index (χ1v) is 11.3. The molecule has 1 amide bonds. The lowest BCUT2D eigenvalue weighted by atomic mass is 10.1. The number of carboxylic acid groups (broad SMARTS) is 2. The minimum Gasteiger partial charge on any atom is -0.473 e. The van der Waals surface area contributed by atoms with E-state index in [1.807, 2.05) is 4.90 Å². The van der Waals surface area contributed by atoms with Crippen LogP contribution in [0.25, 0.3) is 5.57 Å². The molecule has 3 heterocycles. The molecule has 2 aliphatic heterocycles. The molecule has 10 nitrogen and oxygen atoms in total. The Bertz CT molecular complexity index is 772. The van der Waals surface area contributed by atoms with Crippen LogP contribution < -0.4 is 0 Å². The molecule has 1 atom stereocenters. The fraction of sp³-hybridized carbons (Fsp3) is 0.611. The van der Waals surface area contributed by atoms with Gasteiger partial charge in [0.1, 0.15) is 17.3 Å². The van der Waals surface area contributed by atoms with Gasteiger partial charge < -0.3 is 24.7 Å². The minimum atomic E-state index is -1.82. The van der Waals surface area contributed by atoms with E-state index < -0.39 is 11.9 Å². The average Bonchev–Trinajstić information content (AvgIpc) is 3.32. The second kappa shape index (κ2) is 11.9. The van der Waals surface area contributed by atoms with Gasteiger partial charge >= 0.3 is 18.0 Å². The van der Waals surface area contributed by atoms with Crippen LogP contribution in [0.3, 0.4) is 0 Å². The fourth-order valence-corrected chi connectivity index (χ4v) is 4.68.